The topological polar surface area (TPSA) is 53.5 Å². The Bertz CT molecular complexity index is 784. The van der Waals surface area contributed by atoms with Crippen LogP contribution in [0.4, 0.5) is 9.18 Å². The molecule has 0 spiro atoms. The molecule has 2 aromatic carbocycles. The lowest BCUT2D eigenvalue weighted by Gasteiger charge is -2.23. The van der Waals surface area contributed by atoms with Crippen LogP contribution in [-0.4, -0.2) is 17.8 Å². The number of nitrogens with zero attached hydrogens (tertiary/aromatic N) is 1. The fourth-order valence-corrected chi connectivity index (χ4v) is 2.97. The molecule has 0 aromatic heterocycles. The number of rotatable bonds is 4. The minimum atomic E-state index is -0.277. The molecular formula is C19H20FN3O. The lowest BCUT2D eigenvalue weighted by molar-refractivity contribution is 0.238. The van der Waals surface area contributed by atoms with Gasteiger partial charge in [0.25, 0.3) is 0 Å². The number of amides is 2. The molecule has 1 heterocycles. The van der Waals surface area contributed by atoms with Crippen molar-refractivity contribution in [2.45, 2.75) is 32.7 Å². The van der Waals surface area contributed by atoms with Gasteiger partial charge in [-0.2, -0.15) is 5.10 Å². The van der Waals surface area contributed by atoms with Gasteiger partial charge < -0.3 is 5.32 Å². The summed E-state index contributed by atoms with van der Waals surface area (Å²) >= 11 is 0. The van der Waals surface area contributed by atoms with Crippen molar-refractivity contribution in [3.05, 3.63) is 59.4 Å². The number of nitrogens with one attached hydrogen (secondary N) is 2. The van der Waals surface area contributed by atoms with E-state index in [0.717, 1.165) is 40.8 Å². The Morgan fingerprint density at radius 1 is 1.08 bits per heavy atom. The summed E-state index contributed by atoms with van der Waals surface area (Å²) in [6.45, 7) is 4.02. The van der Waals surface area contributed by atoms with E-state index in [1.165, 1.54) is 6.07 Å². The second-order valence-electron chi connectivity index (χ2n) is 5.78. The van der Waals surface area contributed by atoms with Gasteiger partial charge in [0.15, 0.2) is 0 Å². The molecular weight excluding hydrogens is 305 g/mol. The molecule has 5 heteroatoms. The van der Waals surface area contributed by atoms with E-state index < -0.39 is 0 Å². The van der Waals surface area contributed by atoms with Crippen molar-refractivity contribution in [1.29, 1.82) is 0 Å². The van der Waals surface area contributed by atoms with Crippen LogP contribution in [0.5, 0.6) is 0 Å². The van der Waals surface area contributed by atoms with Crippen molar-refractivity contribution in [2.75, 3.05) is 0 Å². The maximum atomic E-state index is 13.4. The largest absolute Gasteiger partial charge is 0.335 e. The first-order valence-corrected chi connectivity index (χ1v) is 8.15. The number of urea groups is 1. The predicted molar refractivity (Wildman–Crippen MR) is 93.5 cm³/mol. The molecule has 0 bridgehead atoms. The lowest BCUT2D eigenvalue weighted by atomic mass is 9.94. The van der Waals surface area contributed by atoms with Crippen LogP contribution in [-0.2, 0) is 6.42 Å². The second-order valence-corrected chi connectivity index (χ2v) is 5.78. The molecule has 1 atom stereocenters. The third kappa shape index (κ3) is 3.15. The van der Waals surface area contributed by atoms with E-state index in [2.05, 4.69) is 15.8 Å². The van der Waals surface area contributed by atoms with E-state index >= 15 is 0 Å². The van der Waals surface area contributed by atoms with Crippen LogP contribution >= 0.6 is 0 Å². The molecule has 1 aliphatic rings. The van der Waals surface area contributed by atoms with Gasteiger partial charge in [0, 0.05) is 0 Å². The lowest BCUT2D eigenvalue weighted by Crippen LogP contribution is -2.49. The number of hydrazone groups is 1. The minimum Gasteiger partial charge on any atom is -0.328 e. The van der Waals surface area contributed by atoms with E-state index in [4.69, 9.17) is 0 Å². The zero-order valence-electron chi connectivity index (χ0n) is 13.8. The maximum Gasteiger partial charge on any atom is 0.335 e. The Balaban J connectivity index is 1.93. The fraction of sp³-hybridized carbons (Fsp3) is 0.263. The number of halogens is 1. The van der Waals surface area contributed by atoms with Gasteiger partial charge in [-0.3, -0.25) is 0 Å². The summed E-state index contributed by atoms with van der Waals surface area (Å²) in [6, 6.07) is 12.5. The second kappa shape index (κ2) is 6.83. The van der Waals surface area contributed by atoms with E-state index in [1.54, 1.807) is 6.07 Å². The molecule has 2 amide bonds. The van der Waals surface area contributed by atoms with Gasteiger partial charge in [0.2, 0.25) is 0 Å². The third-order valence-corrected chi connectivity index (χ3v) is 4.26. The van der Waals surface area contributed by atoms with Gasteiger partial charge in [-0.15, -0.1) is 0 Å². The highest BCUT2D eigenvalue weighted by Crippen LogP contribution is 2.26. The van der Waals surface area contributed by atoms with Gasteiger partial charge in [-0.1, -0.05) is 44.2 Å². The SMILES string of the molecule is CCc1cc(F)ccc1-c1ccc(C2=NNC(=O)N[C@H]2CC)cc1. The molecule has 124 valence electrons. The summed E-state index contributed by atoms with van der Waals surface area (Å²) < 4.78 is 13.4. The van der Waals surface area contributed by atoms with Crippen LogP contribution < -0.4 is 10.7 Å². The number of hydrogen-bond donors (Lipinski definition) is 2. The number of aryl methyl sites for hydroxylation is 1. The average molecular weight is 325 g/mol. The molecule has 3 rings (SSSR count). The molecule has 0 fully saturated rings. The molecule has 1 aliphatic heterocycles. The highest BCUT2D eigenvalue weighted by molar-refractivity contribution is 6.07. The Labute approximate surface area is 140 Å². The average Bonchev–Trinajstić information content (AvgIpc) is 2.61. The minimum absolute atomic E-state index is 0.0957. The summed E-state index contributed by atoms with van der Waals surface area (Å²) in [5, 5.41) is 7.05. The van der Waals surface area contributed by atoms with E-state index in [9.17, 15) is 9.18 Å². The normalized spacial score (nSPS) is 17.0. The molecule has 2 N–H and O–H groups in total. The predicted octanol–water partition coefficient (Wildman–Crippen LogP) is 3.85. The zero-order chi connectivity index (χ0) is 17.1. The molecule has 0 radical (unpaired) electrons. The van der Waals surface area contributed by atoms with Crippen LogP contribution in [0.25, 0.3) is 11.1 Å². The molecule has 24 heavy (non-hydrogen) atoms. The number of carbonyl (C=O) groups is 1. The van der Waals surface area contributed by atoms with Crippen molar-refractivity contribution in [3.63, 3.8) is 0 Å². The first-order valence-electron chi connectivity index (χ1n) is 8.15. The van der Waals surface area contributed by atoms with E-state index in [-0.39, 0.29) is 17.9 Å². The highest BCUT2D eigenvalue weighted by atomic mass is 19.1. The third-order valence-electron chi connectivity index (χ3n) is 4.26. The summed E-state index contributed by atoms with van der Waals surface area (Å²) in [6.07, 6.45) is 1.54. The Hall–Kier alpha value is -2.69. The standard InChI is InChI=1S/C19H20FN3O/c1-3-12-11-15(20)9-10-16(12)13-5-7-14(8-6-13)18-17(4-2)21-19(24)23-22-18/h5-11,17H,3-4H2,1-2H3,(H2,21,23,24)/t17-/m0/s1. The summed E-state index contributed by atoms with van der Waals surface area (Å²) in [4.78, 5) is 11.4. The number of carbonyl (C=O) groups excluding carboxylic acids is 1. The smallest absolute Gasteiger partial charge is 0.328 e. The summed E-state index contributed by atoms with van der Waals surface area (Å²) in [5.41, 5.74) is 7.30. The van der Waals surface area contributed by atoms with Gasteiger partial charge in [0.05, 0.1) is 11.8 Å². The molecule has 0 saturated carbocycles. The zero-order valence-corrected chi connectivity index (χ0v) is 13.8. The van der Waals surface area contributed by atoms with Crippen LogP contribution in [0.2, 0.25) is 0 Å². The van der Waals surface area contributed by atoms with Crippen molar-refractivity contribution in [2.24, 2.45) is 5.10 Å². The summed E-state index contributed by atoms with van der Waals surface area (Å²) in [5.74, 6) is -0.212. The van der Waals surface area contributed by atoms with Crippen molar-refractivity contribution >= 4 is 11.7 Å². The first kappa shape index (κ1) is 16.2. The van der Waals surface area contributed by atoms with Crippen LogP contribution in [0.3, 0.4) is 0 Å². The molecule has 0 saturated heterocycles. The monoisotopic (exact) mass is 325 g/mol. The first-order chi connectivity index (χ1) is 11.6. The summed E-state index contributed by atoms with van der Waals surface area (Å²) in [7, 11) is 0. The maximum absolute atomic E-state index is 13.4. The van der Waals surface area contributed by atoms with Gasteiger partial charge in [-0.25, -0.2) is 14.6 Å². The molecule has 0 aliphatic carbocycles. The number of hydrogen-bond acceptors (Lipinski definition) is 2. The Morgan fingerprint density at radius 2 is 1.79 bits per heavy atom. The van der Waals surface area contributed by atoms with Crippen LogP contribution in [0, 0.1) is 5.82 Å². The fourth-order valence-electron chi connectivity index (χ4n) is 2.97. The quantitative estimate of drug-likeness (QED) is 0.881. The molecule has 2 aromatic rings. The van der Waals surface area contributed by atoms with Gasteiger partial charge in [-0.05, 0) is 47.2 Å². The van der Waals surface area contributed by atoms with Gasteiger partial charge in [0.1, 0.15) is 5.82 Å². The van der Waals surface area contributed by atoms with Gasteiger partial charge >= 0.3 is 6.03 Å². The van der Waals surface area contributed by atoms with Crippen LogP contribution in [0.1, 0.15) is 31.4 Å². The van der Waals surface area contributed by atoms with Crippen molar-refractivity contribution in [1.82, 2.24) is 10.7 Å². The highest BCUT2D eigenvalue weighted by Gasteiger charge is 2.22. The molecule has 0 unspecified atom stereocenters. The van der Waals surface area contributed by atoms with E-state index in [1.807, 2.05) is 44.2 Å². The van der Waals surface area contributed by atoms with Crippen molar-refractivity contribution < 1.29 is 9.18 Å². The number of benzene rings is 2. The van der Waals surface area contributed by atoms with Crippen molar-refractivity contribution in [3.8, 4) is 11.1 Å². The Kier molecular flexibility index (Phi) is 4.60. The Morgan fingerprint density at radius 3 is 2.46 bits per heavy atom. The molecule has 4 nitrogen and oxygen atoms in total. The van der Waals surface area contributed by atoms with E-state index in [0.29, 0.717) is 0 Å². The van der Waals surface area contributed by atoms with Crippen LogP contribution in [0.15, 0.2) is 47.6 Å².